The lowest BCUT2D eigenvalue weighted by Crippen LogP contribution is -1.96. The molecule has 0 aromatic carbocycles. The minimum atomic E-state index is 0.261. The van der Waals surface area contributed by atoms with Crippen molar-refractivity contribution in [3.05, 3.63) is 30.8 Å². The van der Waals surface area contributed by atoms with E-state index in [0.29, 0.717) is 6.42 Å². The number of Topliss-reactive ketones (excluding diaryl/α,β-unsaturated/α-hetero) is 1. The second kappa shape index (κ2) is 4.05. The van der Waals surface area contributed by atoms with Crippen LogP contribution in [0.4, 0.5) is 0 Å². The van der Waals surface area contributed by atoms with Gasteiger partial charge in [0.25, 0.3) is 0 Å². The minimum absolute atomic E-state index is 0.261. The van der Waals surface area contributed by atoms with Gasteiger partial charge in [-0.1, -0.05) is 0 Å². The molecule has 0 bridgehead atoms. The van der Waals surface area contributed by atoms with Crippen LogP contribution in [-0.2, 0) is 6.42 Å². The molecule has 5 heteroatoms. The van der Waals surface area contributed by atoms with Gasteiger partial charge in [0.1, 0.15) is 0 Å². The number of halogens is 2. The van der Waals surface area contributed by atoms with Crippen LogP contribution in [0.25, 0.3) is 9.75 Å². The van der Waals surface area contributed by atoms with Gasteiger partial charge in [-0.15, -0.1) is 22.7 Å². The maximum absolute atomic E-state index is 11.9. The van der Waals surface area contributed by atoms with E-state index in [0.717, 1.165) is 24.4 Å². The average molecular weight is 378 g/mol. The SMILES string of the molecule is O=C1CCc2cc(Br)sc2-c2sc(Br)cc21. The van der Waals surface area contributed by atoms with Crippen molar-refractivity contribution >= 4 is 60.3 Å². The molecule has 2 aromatic heterocycles. The number of carbonyl (C=O) groups is 1. The van der Waals surface area contributed by atoms with Crippen LogP contribution >= 0.6 is 54.5 Å². The third-order valence-electron chi connectivity index (χ3n) is 2.61. The molecule has 82 valence electrons. The quantitative estimate of drug-likeness (QED) is 0.621. The van der Waals surface area contributed by atoms with Gasteiger partial charge in [0, 0.05) is 16.9 Å². The number of fused-ring (bicyclic) bond motifs is 3. The minimum Gasteiger partial charge on any atom is -0.294 e. The first-order chi connectivity index (χ1) is 7.65. The van der Waals surface area contributed by atoms with Crippen molar-refractivity contribution in [2.45, 2.75) is 12.8 Å². The lowest BCUT2D eigenvalue weighted by atomic mass is 10.1. The van der Waals surface area contributed by atoms with Crippen LogP contribution in [0.2, 0.25) is 0 Å². The number of hydrogen-bond donors (Lipinski definition) is 0. The second-order valence-corrected chi connectivity index (χ2v) is 8.48. The summed E-state index contributed by atoms with van der Waals surface area (Å²) in [4.78, 5) is 14.3. The maximum Gasteiger partial charge on any atom is 0.164 e. The van der Waals surface area contributed by atoms with Crippen molar-refractivity contribution < 1.29 is 4.79 Å². The summed E-state index contributed by atoms with van der Waals surface area (Å²) in [6, 6.07) is 4.08. The van der Waals surface area contributed by atoms with E-state index in [-0.39, 0.29) is 5.78 Å². The third kappa shape index (κ3) is 1.74. The predicted octanol–water partition coefficient (Wildman–Crippen LogP) is 5.13. The first-order valence-corrected chi connectivity index (χ1v) is 7.98. The molecule has 0 fully saturated rings. The molecule has 1 aliphatic rings. The lowest BCUT2D eigenvalue weighted by Gasteiger charge is -1.95. The Labute approximate surface area is 118 Å². The Morgan fingerprint density at radius 2 is 1.69 bits per heavy atom. The van der Waals surface area contributed by atoms with Gasteiger partial charge in [0.2, 0.25) is 0 Å². The number of thiophene rings is 2. The van der Waals surface area contributed by atoms with Gasteiger partial charge in [0.15, 0.2) is 5.78 Å². The van der Waals surface area contributed by atoms with Crippen LogP contribution in [0.5, 0.6) is 0 Å². The summed E-state index contributed by atoms with van der Waals surface area (Å²) in [5, 5.41) is 0. The molecule has 1 nitrogen and oxygen atoms in total. The highest BCUT2D eigenvalue weighted by atomic mass is 79.9. The molecule has 0 saturated carbocycles. The molecule has 2 aromatic rings. The molecule has 0 N–H and O–H groups in total. The summed E-state index contributed by atoms with van der Waals surface area (Å²) in [6.45, 7) is 0. The molecule has 3 rings (SSSR count). The summed E-state index contributed by atoms with van der Waals surface area (Å²) in [5.74, 6) is 0.261. The van der Waals surface area contributed by atoms with Crippen LogP contribution in [0.1, 0.15) is 22.3 Å². The first kappa shape index (κ1) is 11.1. The summed E-state index contributed by atoms with van der Waals surface area (Å²) < 4.78 is 2.17. The van der Waals surface area contributed by atoms with Gasteiger partial charge in [-0.25, -0.2) is 0 Å². The molecule has 0 aliphatic heterocycles. The smallest absolute Gasteiger partial charge is 0.164 e. The highest BCUT2D eigenvalue weighted by Crippen LogP contribution is 2.45. The van der Waals surface area contributed by atoms with E-state index < -0.39 is 0 Å². The van der Waals surface area contributed by atoms with E-state index >= 15 is 0 Å². The van der Waals surface area contributed by atoms with Crippen LogP contribution in [0.15, 0.2) is 19.7 Å². The van der Waals surface area contributed by atoms with E-state index in [4.69, 9.17) is 0 Å². The first-order valence-electron chi connectivity index (χ1n) is 4.76. The fraction of sp³-hybridized carbons (Fsp3) is 0.182. The third-order valence-corrected chi connectivity index (χ3v) is 6.09. The second-order valence-electron chi connectivity index (χ2n) is 3.62. The van der Waals surface area contributed by atoms with Crippen molar-refractivity contribution in [3.63, 3.8) is 0 Å². The van der Waals surface area contributed by atoms with Crippen molar-refractivity contribution in [2.75, 3.05) is 0 Å². The van der Waals surface area contributed by atoms with Gasteiger partial charge in [-0.2, -0.15) is 0 Å². The Morgan fingerprint density at radius 1 is 1.00 bits per heavy atom. The summed E-state index contributed by atoms with van der Waals surface area (Å²) in [7, 11) is 0. The van der Waals surface area contributed by atoms with E-state index in [2.05, 4.69) is 37.9 Å². The van der Waals surface area contributed by atoms with Crippen molar-refractivity contribution in [1.29, 1.82) is 0 Å². The number of hydrogen-bond acceptors (Lipinski definition) is 3. The van der Waals surface area contributed by atoms with E-state index in [9.17, 15) is 4.79 Å². The van der Waals surface area contributed by atoms with Gasteiger partial charge in [-0.05, 0) is 56.0 Å². The summed E-state index contributed by atoms with van der Waals surface area (Å²) >= 11 is 10.3. The van der Waals surface area contributed by atoms with Gasteiger partial charge in [-0.3, -0.25) is 4.79 Å². The zero-order valence-corrected chi connectivity index (χ0v) is 12.9. The molecule has 0 unspecified atom stereocenters. The number of ketones is 1. The van der Waals surface area contributed by atoms with Crippen LogP contribution < -0.4 is 0 Å². The van der Waals surface area contributed by atoms with Gasteiger partial charge < -0.3 is 0 Å². The van der Waals surface area contributed by atoms with Crippen molar-refractivity contribution in [3.8, 4) is 9.75 Å². The number of aryl methyl sites for hydroxylation is 1. The molecule has 0 saturated heterocycles. The van der Waals surface area contributed by atoms with E-state index in [1.54, 1.807) is 22.7 Å². The fourth-order valence-electron chi connectivity index (χ4n) is 1.89. The molecule has 0 amide bonds. The Kier molecular flexibility index (Phi) is 2.82. The molecule has 2 heterocycles. The highest BCUT2D eigenvalue weighted by Gasteiger charge is 2.24. The Morgan fingerprint density at radius 3 is 2.50 bits per heavy atom. The maximum atomic E-state index is 11.9. The molecular formula is C11H6Br2OS2. The van der Waals surface area contributed by atoms with Gasteiger partial charge in [0.05, 0.1) is 12.4 Å². The lowest BCUT2D eigenvalue weighted by molar-refractivity contribution is 0.0985. The molecule has 16 heavy (non-hydrogen) atoms. The zero-order chi connectivity index (χ0) is 11.3. The summed E-state index contributed by atoms with van der Waals surface area (Å²) in [6.07, 6.45) is 1.47. The predicted molar refractivity (Wildman–Crippen MR) is 75.7 cm³/mol. The zero-order valence-electron chi connectivity index (χ0n) is 8.05. The average Bonchev–Trinajstić information content (AvgIpc) is 2.75. The Balaban J connectivity index is 2.30. The highest BCUT2D eigenvalue weighted by molar-refractivity contribution is 9.11. The van der Waals surface area contributed by atoms with Gasteiger partial charge >= 0.3 is 0 Å². The molecular weight excluding hydrogens is 372 g/mol. The normalized spacial score (nSPS) is 14.5. The van der Waals surface area contributed by atoms with Crippen LogP contribution in [0.3, 0.4) is 0 Å². The molecule has 0 atom stereocenters. The monoisotopic (exact) mass is 376 g/mol. The molecule has 0 radical (unpaired) electrons. The molecule has 0 spiro atoms. The standard InChI is InChI=1S/C11H6Br2OS2/c12-8-3-5-1-2-7(14)6-4-9(13)16-11(6)10(5)15-8/h3-4H,1-2H2. The largest absolute Gasteiger partial charge is 0.294 e. The van der Waals surface area contributed by atoms with E-state index in [1.165, 1.54) is 10.4 Å². The number of rotatable bonds is 0. The number of carbonyl (C=O) groups excluding carboxylic acids is 1. The van der Waals surface area contributed by atoms with Crippen molar-refractivity contribution in [2.24, 2.45) is 0 Å². The summed E-state index contributed by atoms with van der Waals surface area (Å²) in [5.41, 5.74) is 2.17. The fourth-order valence-corrected chi connectivity index (χ4v) is 5.39. The van der Waals surface area contributed by atoms with Crippen LogP contribution in [0, 0.1) is 0 Å². The Bertz CT molecular complexity index is 583. The molecule has 1 aliphatic carbocycles. The van der Waals surface area contributed by atoms with Crippen LogP contribution in [-0.4, -0.2) is 5.78 Å². The Hall–Kier alpha value is 0.0300. The van der Waals surface area contributed by atoms with Crippen molar-refractivity contribution in [1.82, 2.24) is 0 Å². The topological polar surface area (TPSA) is 17.1 Å². The van der Waals surface area contributed by atoms with E-state index in [1.807, 2.05) is 6.07 Å².